The third kappa shape index (κ3) is 1.94. The van der Waals surface area contributed by atoms with Gasteiger partial charge in [0.1, 0.15) is 0 Å². The molecule has 0 unspecified atom stereocenters. The standard InChI is InChI=1S/C11H11N3O/c12-7-11(15)9-1-3-10(4-2-9)14-6-5-13-8-14/h1-6,8H,7,12H2. The molecule has 0 bridgehead atoms. The monoisotopic (exact) mass is 201 g/mol. The van der Waals surface area contributed by atoms with Crippen LogP contribution in [-0.4, -0.2) is 21.9 Å². The summed E-state index contributed by atoms with van der Waals surface area (Å²) in [5.74, 6) is -0.0489. The number of aromatic nitrogens is 2. The molecule has 1 aromatic heterocycles. The third-order valence-corrected chi connectivity index (χ3v) is 2.18. The predicted molar refractivity (Wildman–Crippen MR) is 56.9 cm³/mol. The summed E-state index contributed by atoms with van der Waals surface area (Å²) in [6, 6.07) is 7.27. The second-order valence-corrected chi connectivity index (χ2v) is 3.14. The van der Waals surface area contributed by atoms with Gasteiger partial charge in [-0.15, -0.1) is 0 Å². The van der Waals surface area contributed by atoms with E-state index in [0.29, 0.717) is 5.56 Å². The van der Waals surface area contributed by atoms with Crippen LogP contribution in [0.4, 0.5) is 0 Å². The first-order chi connectivity index (χ1) is 7.31. The lowest BCUT2D eigenvalue weighted by atomic mass is 10.1. The van der Waals surface area contributed by atoms with Crippen molar-refractivity contribution in [2.75, 3.05) is 6.54 Å². The molecule has 0 aliphatic carbocycles. The minimum atomic E-state index is -0.0489. The van der Waals surface area contributed by atoms with E-state index in [0.717, 1.165) is 5.69 Å². The Bertz CT molecular complexity index is 445. The molecule has 0 amide bonds. The lowest BCUT2D eigenvalue weighted by Crippen LogP contribution is -2.13. The fourth-order valence-electron chi connectivity index (χ4n) is 1.35. The van der Waals surface area contributed by atoms with Gasteiger partial charge in [-0.05, 0) is 24.3 Å². The van der Waals surface area contributed by atoms with E-state index in [9.17, 15) is 4.79 Å². The molecule has 15 heavy (non-hydrogen) atoms. The Balaban J connectivity index is 2.29. The molecule has 4 heteroatoms. The van der Waals surface area contributed by atoms with Gasteiger partial charge in [-0.25, -0.2) is 4.98 Å². The van der Waals surface area contributed by atoms with E-state index >= 15 is 0 Å². The first-order valence-corrected chi connectivity index (χ1v) is 4.63. The first-order valence-electron chi connectivity index (χ1n) is 4.63. The maximum atomic E-state index is 11.3. The van der Waals surface area contributed by atoms with Crippen LogP contribution < -0.4 is 5.73 Å². The quantitative estimate of drug-likeness (QED) is 0.754. The van der Waals surface area contributed by atoms with E-state index in [2.05, 4.69) is 4.98 Å². The molecule has 0 saturated heterocycles. The van der Waals surface area contributed by atoms with Crippen LogP contribution in [0.5, 0.6) is 0 Å². The highest BCUT2D eigenvalue weighted by atomic mass is 16.1. The van der Waals surface area contributed by atoms with Gasteiger partial charge >= 0.3 is 0 Å². The summed E-state index contributed by atoms with van der Waals surface area (Å²) >= 11 is 0. The second kappa shape index (κ2) is 4.06. The van der Waals surface area contributed by atoms with E-state index in [1.165, 1.54) is 0 Å². The van der Waals surface area contributed by atoms with Crippen LogP contribution in [0, 0.1) is 0 Å². The number of rotatable bonds is 3. The number of Topliss-reactive ketones (excluding diaryl/α,β-unsaturated/α-hetero) is 1. The molecule has 1 heterocycles. The van der Waals surface area contributed by atoms with E-state index in [1.54, 1.807) is 24.7 Å². The minimum Gasteiger partial charge on any atom is -0.324 e. The van der Waals surface area contributed by atoms with E-state index < -0.39 is 0 Å². The molecule has 0 atom stereocenters. The molecule has 0 radical (unpaired) electrons. The van der Waals surface area contributed by atoms with Gasteiger partial charge in [0.15, 0.2) is 5.78 Å². The zero-order chi connectivity index (χ0) is 10.7. The Morgan fingerprint density at radius 1 is 1.33 bits per heavy atom. The number of carbonyl (C=O) groups is 1. The average Bonchev–Trinajstić information content (AvgIpc) is 2.82. The largest absolute Gasteiger partial charge is 0.324 e. The normalized spacial score (nSPS) is 10.2. The number of carbonyl (C=O) groups excluding carboxylic acids is 1. The van der Waals surface area contributed by atoms with Crippen LogP contribution in [-0.2, 0) is 0 Å². The molecule has 0 aliphatic rings. The number of imidazole rings is 1. The zero-order valence-electron chi connectivity index (χ0n) is 8.13. The van der Waals surface area contributed by atoms with E-state index in [-0.39, 0.29) is 12.3 Å². The van der Waals surface area contributed by atoms with Gasteiger partial charge in [0.2, 0.25) is 0 Å². The van der Waals surface area contributed by atoms with E-state index in [4.69, 9.17) is 5.73 Å². The summed E-state index contributed by atoms with van der Waals surface area (Å²) < 4.78 is 1.87. The van der Waals surface area contributed by atoms with E-state index in [1.807, 2.05) is 22.9 Å². The number of benzene rings is 1. The van der Waals surface area contributed by atoms with Crippen LogP contribution in [0.2, 0.25) is 0 Å². The molecule has 2 rings (SSSR count). The zero-order valence-corrected chi connectivity index (χ0v) is 8.13. The first kappa shape index (κ1) is 9.61. The summed E-state index contributed by atoms with van der Waals surface area (Å²) in [5.41, 5.74) is 6.89. The molecule has 0 aliphatic heterocycles. The molecule has 1 aromatic carbocycles. The van der Waals surface area contributed by atoms with Crippen molar-refractivity contribution in [3.63, 3.8) is 0 Å². The number of nitrogens with zero attached hydrogens (tertiary/aromatic N) is 2. The van der Waals surface area contributed by atoms with Crippen molar-refractivity contribution in [2.24, 2.45) is 5.73 Å². The van der Waals surface area contributed by atoms with Crippen molar-refractivity contribution in [1.82, 2.24) is 9.55 Å². The van der Waals surface area contributed by atoms with Crippen molar-refractivity contribution in [3.8, 4) is 5.69 Å². The summed E-state index contributed by atoms with van der Waals surface area (Å²) in [6.07, 6.45) is 5.26. The van der Waals surface area contributed by atoms with Gasteiger partial charge in [0.25, 0.3) is 0 Å². The van der Waals surface area contributed by atoms with Crippen molar-refractivity contribution in [3.05, 3.63) is 48.5 Å². The van der Waals surface area contributed by atoms with Crippen LogP contribution >= 0.6 is 0 Å². The smallest absolute Gasteiger partial charge is 0.176 e. The van der Waals surface area contributed by atoms with Gasteiger partial charge in [0, 0.05) is 23.6 Å². The minimum absolute atomic E-state index is 0.0461. The highest BCUT2D eigenvalue weighted by Crippen LogP contribution is 2.09. The predicted octanol–water partition coefficient (Wildman–Crippen LogP) is 1.01. The molecular weight excluding hydrogens is 190 g/mol. The topological polar surface area (TPSA) is 60.9 Å². The summed E-state index contributed by atoms with van der Waals surface area (Å²) in [7, 11) is 0. The summed E-state index contributed by atoms with van der Waals surface area (Å²) in [4.78, 5) is 15.2. The average molecular weight is 201 g/mol. The lowest BCUT2D eigenvalue weighted by molar-refractivity contribution is 0.100. The number of hydrogen-bond donors (Lipinski definition) is 1. The fraction of sp³-hybridized carbons (Fsp3) is 0.0909. The second-order valence-electron chi connectivity index (χ2n) is 3.14. The van der Waals surface area contributed by atoms with Gasteiger partial charge in [0.05, 0.1) is 12.9 Å². The third-order valence-electron chi connectivity index (χ3n) is 2.18. The van der Waals surface area contributed by atoms with Gasteiger partial charge in [-0.1, -0.05) is 0 Å². The Morgan fingerprint density at radius 3 is 2.60 bits per heavy atom. The maximum Gasteiger partial charge on any atom is 0.176 e. The number of hydrogen-bond acceptors (Lipinski definition) is 3. The van der Waals surface area contributed by atoms with Gasteiger partial charge < -0.3 is 10.3 Å². The molecule has 2 aromatic rings. The van der Waals surface area contributed by atoms with Gasteiger partial charge in [-0.2, -0.15) is 0 Å². The van der Waals surface area contributed by atoms with Crippen LogP contribution in [0.15, 0.2) is 43.0 Å². The van der Waals surface area contributed by atoms with Crippen molar-refractivity contribution in [1.29, 1.82) is 0 Å². The molecule has 0 fully saturated rings. The van der Waals surface area contributed by atoms with Crippen molar-refractivity contribution < 1.29 is 4.79 Å². The molecule has 76 valence electrons. The summed E-state index contributed by atoms with van der Waals surface area (Å²) in [5, 5.41) is 0. The van der Waals surface area contributed by atoms with Crippen molar-refractivity contribution >= 4 is 5.78 Å². The Kier molecular flexibility index (Phi) is 2.60. The SMILES string of the molecule is NCC(=O)c1ccc(-n2ccnc2)cc1. The Morgan fingerprint density at radius 2 is 2.07 bits per heavy atom. The maximum absolute atomic E-state index is 11.3. The van der Waals surface area contributed by atoms with Gasteiger partial charge in [-0.3, -0.25) is 4.79 Å². The number of ketones is 1. The van der Waals surface area contributed by atoms with Crippen molar-refractivity contribution in [2.45, 2.75) is 0 Å². The fourth-order valence-corrected chi connectivity index (χ4v) is 1.35. The number of nitrogens with two attached hydrogens (primary N) is 1. The highest BCUT2D eigenvalue weighted by molar-refractivity contribution is 5.97. The van der Waals surface area contributed by atoms with Crippen LogP contribution in [0.1, 0.15) is 10.4 Å². The molecule has 0 spiro atoms. The lowest BCUT2D eigenvalue weighted by Gasteiger charge is -2.02. The Labute approximate surface area is 87.4 Å². The molecule has 4 nitrogen and oxygen atoms in total. The van der Waals surface area contributed by atoms with Crippen LogP contribution in [0.3, 0.4) is 0 Å². The molecule has 0 saturated carbocycles. The highest BCUT2D eigenvalue weighted by Gasteiger charge is 2.02. The molecular formula is C11H11N3O. The summed E-state index contributed by atoms with van der Waals surface area (Å²) in [6.45, 7) is 0.0461. The Hall–Kier alpha value is -1.94. The molecule has 2 N–H and O–H groups in total. The van der Waals surface area contributed by atoms with Crippen LogP contribution in [0.25, 0.3) is 5.69 Å².